The molecule has 2 rings (SSSR count). The van der Waals surface area contributed by atoms with E-state index in [2.05, 4.69) is 9.55 Å². The van der Waals surface area contributed by atoms with Crippen LogP contribution in [0.2, 0.25) is 0 Å². The summed E-state index contributed by atoms with van der Waals surface area (Å²) in [7, 11) is 0. The topological polar surface area (TPSA) is 64.2 Å². The molecule has 17 heavy (non-hydrogen) atoms. The van der Waals surface area contributed by atoms with Crippen molar-refractivity contribution in [1.82, 2.24) is 14.5 Å². The van der Waals surface area contributed by atoms with Gasteiger partial charge in [-0.25, -0.2) is 4.98 Å². The van der Waals surface area contributed by atoms with Crippen LogP contribution < -0.4 is 5.73 Å². The molecule has 0 aliphatic carbocycles. The highest BCUT2D eigenvalue weighted by Gasteiger charge is 2.35. The first kappa shape index (κ1) is 12.1. The van der Waals surface area contributed by atoms with Crippen LogP contribution in [0.5, 0.6) is 0 Å². The molecule has 1 aromatic rings. The number of nitrogens with two attached hydrogens (primary N) is 1. The van der Waals surface area contributed by atoms with Crippen molar-refractivity contribution in [2.75, 3.05) is 6.54 Å². The number of imidazole rings is 1. The highest BCUT2D eigenvalue weighted by Crippen LogP contribution is 2.19. The van der Waals surface area contributed by atoms with E-state index in [-0.39, 0.29) is 5.91 Å². The minimum atomic E-state index is -0.714. The SMILES string of the molecule is CCC(N)(CC)C(=O)N1CCn2ccnc2C1. The molecule has 0 saturated heterocycles. The normalized spacial score (nSPS) is 15.8. The molecule has 2 N–H and O–H groups in total. The minimum Gasteiger partial charge on any atom is -0.332 e. The smallest absolute Gasteiger partial charge is 0.243 e. The fourth-order valence-electron chi connectivity index (χ4n) is 2.21. The summed E-state index contributed by atoms with van der Waals surface area (Å²) < 4.78 is 2.08. The summed E-state index contributed by atoms with van der Waals surface area (Å²) in [6.45, 7) is 6.04. The zero-order valence-corrected chi connectivity index (χ0v) is 10.5. The van der Waals surface area contributed by atoms with Crippen molar-refractivity contribution in [3.05, 3.63) is 18.2 Å². The molecule has 0 fully saturated rings. The van der Waals surface area contributed by atoms with Gasteiger partial charge in [-0.15, -0.1) is 0 Å². The number of amides is 1. The second-order valence-electron chi connectivity index (χ2n) is 4.63. The van der Waals surface area contributed by atoms with Crippen molar-refractivity contribution in [3.8, 4) is 0 Å². The van der Waals surface area contributed by atoms with E-state index >= 15 is 0 Å². The maximum Gasteiger partial charge on any atom is 0.243 e. The van der Waals surface area contributed by atoms with E-state index in [1.165, 1.54) is 0 Å². The average Bonchev–Trinajstić information content (AvgIpc) is 2.84. The zero-order valence-electron chi connectivity index (χ0n) is 10.5. The van der Waals surface area contributed by atoms with Crippen molar-refractivity contribution in [1.29, 1.82) is 0 Å². The molecule has 94 valence electrons. The molecule has 0 radical (unpaired) electrons. The molecule has 1 amide bonds. The van der Waals surface area contributed by atoms with Gasteiger partial charge in [0.05, 0.1) is 12.1 Å². The first-order valence-electron chi connectivity index (χ1n) is 6.19. The van der Waals surface area contributed by atoms with Crippen molar-refractivity contribution in [3.63, 3.8) is 0 Å². The molecule has 1 aliphatic rings. The Morgan fingerprint density at radius 2 is 2.18 bits per heavy atom. The summed E-state index contributed by atoms with van der Waals surface area (Å²) in [5.74, 6) is 0.996. The van der Waals surface area contributed by atoms with Gasteiger partial charge in [-0.05, 0) is 12.8 Å². The van der Waals surface area contributed by atoms with Crippen molar-refractivity contribution >= 4 is 5.91 Å². The Morgan fingerprint density at radius 1 is 1.47 bits per heavy atom. The van der Waals surface area contributed by atoms with Crippen molar-refractivity contribution in [2.24, 2.45) is 5.73 Å². The lowest BCUT2D eigenvalue weighted by Gasteiger charge is -2.35. The number of aromatic nitrogens is 2. The summed E-state index contributed by atoms with van der Waals surface area (Å²) in [5.41, 5.74) is 5.43. The molecular formula is C12H20N4O. The van der Waals surface area contributed by atoms with Crippen LogP contribution in [0, 0.1) is 0 Å². The number of carbonyl (C=O) groups excluding carboxylic acids is 1. The van der Waals surface area contributed by atoms with Gasteiger partial charge in [0, 0.05) is 25.5 Å². The summed E-state index contributed by atoms with van der Waals surface area (Å²) in [5, 5.41) is 0. The lowest BCUT2D eigenvalue weighted by molar-refractivity contribution is -0.138. The van der Waals surface area contributed by atoms with Gasteiger partial charge in [0.15, 0.2) is 0 Å². The molecule has 0 saturated carbocycles. The van der Waals surface area contributed by atoms with Crippen LogP contribution in [0.25, 0.3) is 0 Å². The first-order chi connectivity index (χ1) is 8.10. The monoisotopic (exact) mass is 236 g/mol. The van der Waals surface area contributed by atoms with Gasteiger partial charge >= 0.3 is 0 Å². The van der Waals surface area contributed by atoms with E-state index in [4.69, 9.17) is 5.73 Å². The fourth-order valence-corrected chi connectivity index (χ4v) is 2.21. The van der Waals surface area contributed by atoms with Crippen LogP contribution in [0.3, 0.4) is 0 Å². The van der Waals surface area contributed by atoms with Crippen LogP contribution in [0.1, 0.15) is 32.5 Å². The molecule has 0 spiro atoms. The predicted octanol–water partition coefficient (Wildman–Crippen LogP) is 0.743. The average molecular weight is 236 g/mol. The third kappa shape index (κ3) is 2.07. The van der Waals surface area contributed by atoms with Gasteiger partial charge in [0.2, 0.25) is 5.91 Å². The highest BCUT2D eigenvalue weighted by molar-refractivity contribution is 5.86. The van der Waals surface area contributed by atoms with Crippen LogP contribution in [0.15, 0.2) is 12.4 Å². The van der Waals surface area contributed by atoms with Crippen LogP contribution >= 0.6 is 0 Å². The second kappa shape index (κ2) is 4.49. The second-order valence-corrected chi connectivity index (χ2v) is 4.63. The molecule has 5 nitrogen and oxygen atoms in total. The van der Waals surface area contributed by atoms with Crippen LogP contribution in [-0.4, -0.2) is 32.4 Å². The Bertz CT molecular complexity index is 408. The summed E-state index contributed by atoms with van der Waals surface area (Å²) in [6.07, 6.45) is 5.08. The zero-order chi connectivity index (χ0) is 12.5. The standard InChI is InChI=1S/C12H20N4O/c1-3-12(13,4-2)11(17)16-8-7-15-6-5-14-10(15)9-16/h5-6H,3-4,7-9,13H2,1-2H3. The third-order valence-electron chi connectivity index (χ3n) is 3.72. The number of hydrogen-bond donors (Lipinski definition) is 1. The van der Waals surface area contributed by atoms with E-state index in [1.54, 1.807) is 6.20 Å². The number of carbonyl (C=O) groups is 1. The van der Waals surface area contributed by atoms with Crippen molar-refractivity contribution < 1.29 is 4.79 Å². The Balaban J connectivity index is 2.13. The molecule has 0 bridgehead atoms. The van der Waals surface area contributed by atoms with E-state index in [1.807, 2.05) is 24.9 Å². The Hall–Kier alpha value is -1.36. The van der Waals surface area contributed by atoms with Gasteiger partial charge in [-0.2, -0.15) is 0 Å². The summed E-state index contributed by atoms with van der Waals surface area (Å²) >= 11 is 0. The van der Waals surface area contributed by atoms with Gasteiger partial charge in [-0.1, -0.05) is 13.8 Å². The molecule has 0 aromatic carbocycles. The Morgan fingerprint density at radius 3 is 2.82 bits per heavy atom. The third-order valence-corrected chi connectivity index (χ3v) is 3.72. The molecule has 2 heterocycles. The van der Waals surface area contributed by atoms with Crippen molar-refractivity contribution in [2.45, 2.75) is 45.3 Å². The molecule has 1 aromatic heterocycles. The molecular weight excluding hydrogens is 216 g/mol. The lowest BCUT2D eigenvalue weighted by atomic mass is 9.92. The van der Waals surface area contributed by atoms with Gasteiger partial charge in [0.25, 0.3) is 0 Å². The summed E-state index contributed by atoms with van der Waals surface area (Å²) in [4.78, 5) is 18.5. The highest BCUT2D eigenvalue weighted by atomic mass is 16.2. The minimum absolute atomic E-state index is 0.0525. The predicted molar refractivity (Wildman–Crippen MR) is 65.1 cm³/mol. The fraction of sp³-hybridized carbons (Fsp3) is 0.667. The first-order valence-corrected chi connectivity index (χ1v) is 6.19. The van der Waals surface area contributed by atoms with E-state index < -0.39 is 5.54 Å². The molecule has 1 aliphatic heterocycles. The van der Waals surface area contributed by atoms with Gasteiger partial charge in [-0.3, -0.25) is 4.79 Å². The Kier molecular flexibility index (Phi) is 3.19. The maximum atomic E-state index is 12.4. The van der Waals surface area contributed by atoms with Gasteiger partial charge in [0.1, 0.15) is 5.82 Å². The van der Waals surface area contributed by atoms with E-state index in [0.717, 1.165) is 18.9 Å². The molecule has 5 heteroatoms. The van der Waals surface area contributed by atoms with Gasteiger partial charge < -0.3 is 15.2 Å². The molecule has 0 unspecified atom stereocenters. The quantitative estimate of drug-likeness (QED) is 0.842. The van der Waals surface area contributed by atoms with Crippen LogP contribution in [-0.2, 0) is 17.9 Å². The number of hydrogen-bond acceptors (Lipinski definition) is 3. The number of rotatable bonds is 3. The number of nitrogens with zero attached hydrogens (tertiary/aromatic N) is 3. The Labute approximate surface area is 102 Å². The van der Waals surface area contributed by atoms with E-state index in [0.29, 0.717) is 19.4 Å². The van der Waals surface area contributed by atoms with E-state index in [9.17, 15) is 4.79 Å². The number of fused-ring (bicyclic) bond motifs is 1. The maximum absolute atomic E-state index is 12.4. The largest absolute Gasteiger partial charge is 0.332 e. The van der Waals surface area contributed by atoms with Crippen LogP contribution in [0.4, 0.5) is 0 Å². The summed E-state index contributed by atoms with van der Waals surface area (Å²) in [6, 6.07) is 0. The lowest BCUT2D eigenvalue weighted by Crippen LogP contribution is -2.56. The molecule has 0 atom stereocenters.